The molecule has 30 heavy (non-hydrogen) atoms. The van der Waals surface area contributed by atoms with Crippen LogP contribution in [0.15, 0.2) is 54.6 Å². The molecule has 2 aliphatic rings. The molecule has 0 unspecified atom stereocenters. The number of rotatable bonds is 6. The Labute approximate surface area is 179 Å². The zero-order valence-corrected chi connectivity index (χ0v) is 18.1. The third kappa shape index (κ3) is 4.28. The molecule has 2 aromatic rings. The van der Waals surface area contributed by atoms with Crippen molar-refractivity contribution >= 4 is 11.8 Å². The standard InChI is InChI=1S/C26H32N2O2/c1-19(2)27-25(30)26(14-15-28(18-26)24(29)22-11-7-12-22)17-20-8-6-13-23(16-20)21-9-4-3-5-10-21/h3-6,8-10,13,16,19,22H,7,11-12,14-15,17-18H2,1-2H3,(H,27,30)/t26-/m1/s1. The highest BCUT2D eigenvalue weighted by atomic mass is 16.2. The fraction of sp³-hybridized carbons (Fsp3) is 0.462. The highest BCUT2D eigenvalue weighted by Gasteiger charge is 2.47. The lowest BCUT2D eigenvalue weighted by molar-refractivity contribution is -0.138. The number of nitrogens with one attached hydrogen (secondary N) is 1. The van der Waals surface area contributed by atoms with Crippen LogP contribution < -0.4 is 5.32 Å². The monoisotopic (exact) mass is 404 g/mol. The number of hydrogen-bond acceptors (Lipinski definition) is 2. The highest BCUT2D eigenvalue weighted by molar-refractivity contribution is 5.86. The van der Waals surface area contributed by atoms with Crippen LogP contribution in [0, 0.1) is 11.3 Å². The predicted molar refractivity (Wildman–Crippen MR) is 120 cm³/mol. The highest BCUT2D eigenvalue weighted by Crippen LogP contribution is 2.38. The van der Waals surface area contributed by atoms with Gasteiger partial charge in [-0.25, -0.2) is 0 Å². The van der Waals surface area contributed by atoms with Gasteiger partial charge in [0.05, 0.1) is 5.41 Å². The molecule has 0 radical (unpaired) electrons. The van der Waals surface area contributed by atoms with E-state index in [1.165, 1.54) is 5.56 Å². The van der Waals surface area contributed by atoms with Gasteiger partial charge in [-0.1, -0.05) is 61.0 Å². The van der Waals surface area contributed by atoms with E-state index < -0.39 is 5.41 Å². The molecule has 1 N–H and O–H groups in total. The molecule has 4 heteroatoms. The molecule has 0 aromatic heterocycles. The molecule has 1 aliphatic carbocycles. The van der Waals surface area contributed by atoms with Crippen LogP contribution in [0.1, 0.15) is 45.1 Å². The minimum absolute atomic E-state index is 0.0755. The normalized spacial score (nSPS) is 21.5. The summed E-state index contributed by atoms with van der Waals surface area (Å²) in [6.07, 6.45) is 4.52. The van der Waals surface area contributed by atoms with Gasteiger partial charge in [0.2, 0.25) is 11.8 Å². The summed E-state index contributed by atoms with van der Waals surface area (Å²) in [5.41, 5.74) is 2.92. The van der Waals surface area contributed by atoms with Crippen LogP contribution in [0.2, 0.25) is 0 Å². The first-order chi connectivity index (χ1) is 14.5. The first-order valence-electron chi connectivity index (χ1n) is 11.2. The summed E-state index contributed by atoms with van der Waals surface area (Å²) >= 11 is 0. The van der Waals surface area contributed by atoms with E-state index in [1.807, 2.05) is 36.9 Å². The number of amides is 2. The molecule has 2 fully saturated rings. The van der Waals surface area contributed by atoms with E-state index >= 15 is 0 Å². The zero-order chi connectivity index (χ0) is 21.1. The Bertz CT molecular complexity index is 904. The summed E-state index contributed by atoms with van der Waals surface area (Å²) in [5.74, 6) is 0.500. The smallest absolute Gasteiger partial charge is 0.228 e. The molecule has 1 heterocycles. The third-order valence-corrected chi connectivity index (χ3v) is 6.60. The van der Waals surface area contributed by atoms with Crippen molar-refractivity contribution in [2.24, 2.45) is 11.3 Å². The first kappa shape index (κ1) is 20.6. The Morgan fingerprint density at radius 1 is 1.07 bits per heavy atom. The van der Waals surface area contributed by atoms with Gasteiger partial charge in [0, 0.05) is 25.0 Å². The maximum absolute atomic E-state index is 13.3. The molecule has 1 saturated carbocycles. The van der Waals surface area contributed by atoms with Gasteiger partial charge >= 0.3 is 0 Å². The van der Waals surface area contributed by atoms with E-state index in [2.05, 4.69) is 41.7 Å². The van der Waals surface area contributed by atoms with Crippen molar-refractivity contribution < 1.29 is 9.59 Å². The van der Waals surface area contributed by atoms with E-state index in [0.717, 1.165) is 36.8 Å². The van der Waals surface area contributed by atoms with Crippen molar-refractivity contribution in [3.63, 3.8) is 0 Å². The van der Waals surface area contributed by atoms with Gasteiger partial charge in [0.1, 0.15) is 0 Å². The van der Waals surface area contributed by atoms with Gasteiger partial charge in [-0.15, -0.1) is 0 Å². The number of nitrogens with zero attached hydrogens (tertiary/aromatic N) is 1. The molecule has 2 aromatic carbocycles. The van der Waals surface area contributed by atoms with Crippen LogP contribution >= 0.6 is 0 Å². The molecule has 1 aliphatic heterocycles. The van der Waals surface area contributed by atoms with Crippen molar-refractivity contribution in [2.75, 3.05) is 13.1 Å². The molecular formula is C26H32N2O2. The lowest BCUT2D eigenvalue weighted by atomic mass is 9.79. The van der Waals surface area contributed by atoms with E-state index in [4.69, 9.17) is 0 Å². The van der Waals surface area contributed by atoms with Gasteiger partial charge in [-0.05, 0) is 56.2 Å². The molecule has 4 nitrogen and oxygen atoms in total. The molecule has 1 atom stereocenters. The molecule has 2 amide bonds. The molecule has 158 valence electrons. The van der Waals surface area contributed by atoms with E-state index in [-0.39, 0.29) is 23.8 Å². The number of hydrogen-bond donors (Lipinski definition) is 1. The second kappa shape index (κ2) is 8.63. The Balaban J connectivity index is 1.58. The van der Waals surface area contributed by atoms with Crippen LogP contribution in [-0.4, -0.2) is 35.8 Å². The number of likely N-dealkylation sites (tertiary alicyclic amines) is 1. The van der Waals surface area contributed by atoms with Crippen LogP contribution in [0.5, 0.6) is 0 Å². The van der Waals surface area contributed by atoms with Crippen LogP contribution in [0.4, 0.5) is 0 Å². The van der Waals surface area contributed by atoms with Crippen molar-refractivity contribution in [1.82, 2.24) is 10.2 Å². The van der Waals surface area contributed by atoms with Gasteiger partial charge in [0.25, 0.3) is 0 Å². The third-order valence-electron chi connectivity index (χ3n) is 6.60. The molecule has 4 rings (SSSR count). The summed E-state index contributed by atoms with van der Waals surface area (Å²) in [6.45, 7) is 5.19. The maximum Gasteiger partial charge on any atom is 0.228 e. The molecule has 0 bridgehead atoms. The summed E-state index contributed by atoms with van der Waals surface area (Å²) in [7, 11) is 0. The SMILES string of the molecule is CC(C)NC(=O)[C@@]1(Cc2cccc(-c3ccccc3)c2)CCN(C(=O)C2CCC2)C1. The number of carbonyl (C=O) groups excluding carboxylic acids is 2. The van der Waals surface area contributed by atoms with Crippen molar-refractivity contribution in [2.45, 2.75) is 52.0 Å². The maximum atomic E-state index is 13.3. The fourth-order valence-electron chi connectivity index (χ4n) is 4.68. The number of carbonyl (C=O) groups is 2. The molecule has 0 spiro atoms. The quantitative estimate of drug-likeness (QED) is 0.774. The van der Waals surface area contributed by atoms with Crippen LogP contribution in [-0.2, 0) is 16.0 Å². The topological polar surface area (TPSA) is 49.4 Å². The molecule has 1 saturated heterocycles. The van der Waals surface area contributed by atoms with Crippen molar-refractivity contribution in [3.8, 4) is 11.1 Å². The summed E-state index contributed by atoms with van der Waals surface area (Å²) in [4.78, 5) is 28.1. The minimum Gasteiger partial charge on any atom is -0.353 e. The van der Waals surface area contributed by atoms with Gasteiger partial charge in [-0.2, -0.15) is 0 Å². The van der Waals surface area contributed by atoms with Crippen molar-refractivity contribution in [1.29, 1.82) is 0 Å². The van der Waals surface area contributed by atoms with E-state index in [9.17, 15) is 9.59 Å². The first-order valence-corrected chi connectivity index (χ1v) is 11.2. The van der Waals surface area contributed by atoms with Gasteiger partial charge in [0.15, 0.2) is 0 Å². The van der Waals surface area contributed by atoms with Gasteiger partial charge < -0.3 is 10.2 Å². The largest absolute Gasteiger partial charge is 0.353 e. The Morgan fingerprint density at radius 3 is 2.47 bits per heavy atom. The minimum atomic E-state index is -0.557. The predicted octanol–water partition coefficient (Wildman–Crippen LogP) is 4.44. The molecular weight excluding hydrogens is 372 g/mol. The van der Waals surface area contributed by atoms with Crippen molar-refractivity contribution in [3.05, 3.63) is 60.2 Å². The average molecular weight is 405 g/mol. The fourth-order valence-corrected chi connectivity index (χ4v) is 4.68. The zero-order valence-electron chi connectivity index (χ0n) is 18.1. The Hall–Kier alpha value is -2.62. The van der Waals surface area contributed by atoms with Gasteiger partial charge in [-0.3, -0.25) is 9.59 Å². The second-order valence-electron chi connectivity index (χ2n) is 9.29. The summed E-state index contributed by atoms with van der Waals surface area (Å²) in [6, 6.07) is 18.9. The Morgan fingerprint density at radius 2 is 1.80 bits per heavy atom. The Kier molecular flexibility index (Phi) is 5.94. The summed E-state index contributed by atoms with van der Waals surface area (Å²) < 4.78 is 0. The van der Waals surface area contributed by atoms with E-state index in [1.54, 1.807) is 0 Å². The average Bonchev–Trinajstić information content (AvgIpc) is 3.12. The number of benzene rings is 2. The second-order valence-corrected chi connectivity index (χ2v) is 9.29. The lowest BCUT2D eigenvalue weighted by Crippen LogP contribution is -2.48. The van der Waals surface area contributed by atoms with E-state index in [0.29, 0.717) is 19.5 Å². The lowest BCUT2D eigenvalue weighted by Gasteiger charge is -2.32. The van der Waals surface area contributed by atoms with Crippen LogP contribution in [0.25, 0.3) is 11.1 Å². The summed E-state index contributed by atoms with van der Waals surface area (Å²) in [5, 5.41) is 3.13. The van der Waals surface area contributed by atoms with Crippen LogP contribution in [0.3, 0.4) is 0 Å².